The van der Waals surface area contributed by atoms with Gasteiger partial charge < -0.3 is 14.6 Å². The van der Waals surface area contributed by atoms with Crippen LogP contribution >= 0.6 is 0 Å². The Morgan fingerprint density at radius 2 is 2.13 bits per heavy atom. The van der Waals surface area contributed by atoms with Crippen molar-refractivity contribution in [2.75, 3.05) is 20.8 Å². The monoisotopic (exact) mass is 206 g/mol. The molecule has 0 unspecified atom stereocenters. The smallest absolute Gasteiger partial charge is 0.124 e. The summed E-state index contributed by atoms with van der Waals surface area (Å²) in [5.41, 5.74) is 1.79. The van der Waals surface area contributed by atoms with E-state index in [0.717, 1.165) is 16.9 Å². The summed E-state index contributed by atoms with van der Waals surface area (Å²) in [5.74, 6) is 6.21. The molecule has 1 N–H and O–H groups in total. The summed E-state index contributed by atoms with van der Waals surface area (Å²) >= 11 is 0. The van der Waals surface area contributed by atoms with Gasteiger partial charge in [0.15, 0.2) is 0 Å². The molecule has 0 saturated carbocycles. The molecule has 0 atom stereocenters. The minimum absolute atomic E-state index is 0.133. The third-order valence-corrected chi connectivity index (χ3v) is 1.89. The second kappa shape index (κ2) is 6.07. The van der Waals surface area contributed by atoms with E-state index in [0.29, 0.717) is 6.61 Å². The van der Waals surface area contributed by atoms with Crippen molar-refractivity contribution in [3.63, 3.8) is 0 Å². The number of hydrogen-bond donors (Lipinski definition) is 1. The highest BCUT2D eigenvalue weighted by Crippen LogP contribution is 2.20. The van der Waals surface area contributed by atoms with Crippen LogP contribution in [0.4, 0.5) is 0 Å². The van der Waals surface area contributed by atoms with Crippen LogP contribution in [0.2, 0.25) is 0 Å². The molecule has 15 heavy (non-hydrogen) atoms. The number of hydrogen-bond acceptors (Lipinski definition) is 3. The van der Waals surface area contributed by atoms with Crippen LogP contribution in [0, 0.1) is 11.8 Å². The maximum Gasteiger partial charge on any atom is 0.124 e. The van der Waals surface area contributed by atoms with Gasteiger partial charge in [-0.05, 0) is 18.2 Å². The van der Waals surface area contributed by atoms with Crippen LogP contribution in [-0.2, 0) is 11.3 Å². The first-order chi connectivity index (χ1) is 7.31. The molecule has 1 rings (SSSR count). The number of aliphatic hydroxyl groups is 1. The minimum atomic E-state index is -0.133. The van der Waals surface area contributed by atoms with Crippen LogP contribution in [0.15, 0.2) is 18.2 Å². The van der Waals surface area contributed by atoms with Crippen LogP contribution in [0.25, 0.3) is 0 Å². The van der Waals surface area contributed by atoms with Crippen molar-refractivity contribution < 1.29 is 14.6 Å². The third-order valence-electron chi connectivity index (χ3n) is 1.89. The first kappa shape index (κ1) is 11.6. The van der Waals surface area contributed by atoms with Gasteiger partial charge in [-0.15, -0.1) is 0 Å². The van der Waals surface area contributed by atoms with E-state index in [1.54, 1.807) is 14.2 Å². The van der Waals surface area contributed by atoms with Gasteiger partial charge in [0.1, 0.15) is 12.4 Å². The number of aliphatic hydroxyl groups excluding tert-OH is 1. The standard InChI is InChI=1S/C12H14O3/c1-14-9-11-8-10(4-3-7-13)5-6-12(11)15-2/h5-6,8,13H,7,9H2,1-2H3. The predicted octanol–water partition coefficient (Wildman–Crippen LogP) is 1.19. The summed E-state index contributed by atoms with van der Waals surface area (Å²) in [6.45, 7) is 0.351. The van der Waals surface area contributed by atoms with Crippen LogP contribution in [0.5, 0.6) is 5.75 Å². The Kier molecular flexibility index (Phi) is 4.69. The SMILES string of the molecule is COCc1cc(C#CCO)ccc1OC. The second-order valence-corrected chi connectivity index (χ2v) is 2.92. The highest BCUT2D eigenvalue weighted by atomic mass is 16.5. The van der Waals surface area contributed by atoms with E-state index >= 15 is 0 Å². The van der Waals surface area contributed by atoms with E-state index in [9.17, 15) is 0 Å². The zero-order valence-corrected chi connectivity index (χ0v) is 8.91. The fourth-order valence-electron chi connectivity index (χ4n) is 1.27. The predicted molar refractivity (Wildman–Crippen MR) is 57.7 cm³/mol. The van der Waals surface area contributed by atoms with Gasteiger partial charge in [-0.2, -0.15) is 0 Å². The van der Waals surface area contributed by atoms with Gasteiger partial charge in [-0.25, -0.2) is 0 Å². The molecule has 0 spiro atoms. The topological polar surface area (TPSA) is 38.7 Å². The Morgan fingerprint density at radius 1 is 1.33 bits per heavy atom. The Morgan fingerprint density at radius 3 is 2.73 bits per heavy atom. The molecule has 0 aliphatic rings. The molecule has 1 aromatic carbocycles. The number of ether oxygens (including phenoxy) is 2. The number of benzene rings is 1. The maximum absolute atomic E-state index is 8.58. The van der Waals surface area contributed by atoms with E-state index in [1.165, 1.54) is 0 Å². The first-order valence-corrected chi connectivity index (χ1v) is 4.57. The average Bonchev–Trinajstić information content (AvgIpc) is 2.27. The molecule has 0 aliphatic carbocycles. The van der Waals surface area contributed by atoms with Crippen LogP contribution in [-0.4, -0.2) is 25.9 Å². The fraction of sp³-hybridized carbons (Fsp3) is 0.333. The van der Waals surface area contributed by atoms with Crippen molar-refractivity contribution in [1.82, 2.24) is 0 Å². The molecule has 0 heterocycles. The molecule has 0 fully saturated rings. The molecule has 0 aromatic heterocycles. The Hall–Kier alpha value is -1.50. The second-order valence-electron chi connectivity index (χ2n) is 2.92. The molecular formula is C12H14O3. The molecule has 0 radical (unpaired) electrons. The van der Waals surface area contributed by atoms with Crippen LogP contribution < -0.4 is 4.74 Å². The Balaban J connectivity index is 2.98. The molecular weight excluding hydrogens is 192 g/mol. The largest absolute Gasteiger partial charge is 0.496 e. The van der Waals surface area contributed by atoms with E-state index in [-0.39, 0.29) is 6.61 Å². The van der Waals surface area contributed by atoms with Gasteiger partial charge >= 0.3 is 0 Å². The number of methoxy groups -OCH3 is 2. The molecule has 0 aliphatic heterocycles. The third kappa shape index (κ3) is 3.28. The number of rotatable bonds is 3. The first-order valence-electron chi connectivity index (χ1n) is 4.57. The Labute approximate surface area is 89.6 Å². The lowest BCUT2D eigenvalue weighted by Gasteiger charge is -2.07. The van der Waals surface area contributed by atoms with Gasteiger partial charge in [-0.3, -0.25) is 0 Å². The van der Waals surface area contributed by atoms with Crippen LogP contribution in [0.1, 0.15) is 11.1 Å². The molecule has 0 amide bonds. The Bertz CT molecular complexity index is 374. The lowest BCUT2D eigenvalue weighted by Crippen LogP contribution is -1.94. The molecule has 0 bridgehead atoms. The van der Waals surface area contributed by atoms with Crippen molar-refractivity contribution in [1.29, 1.82) is 0 Å². The van der Waals surface area contributed by atoms with Gasteiger partial charge in [0.2, 0.25) is 0 Å². The van der Waals surface area contributed by atoms with Crippen molar-refractivity contribution in [2.24, 2.45) is 0 Å². The molecule has 80 valence electrons. The highest BCUT2D eigenvalue weighted by molar-refractivity contribution is 5.43. The molecule has 1 aromatic rings. The summed E-state index contributed by atoms with van der Waals surface area (Å²) in [5, 5.41) is 8.58. The average molecular weight is 206 g/mol. The molecule has 3 nitrogen and oxygen atoms in total. The summed E-state index contributed by atoms with van der Waals surface area (Å²) in [7, 11) is 3.25. The summed E-state index contributed by atoms with van der Waals surface area (Å²) in [4.78, 5) is 0. The lowest BCUT2D eigenvalue weighted by atomic mass is 10.1. The normalized spacial score (nSPS) is 9.27. The summed E-state index contributed by atoms with van der Waals surface area (Å²) in [6.07, 6.45) is 0. The summed E-state index contributed by atoms with van der Waals surface area (Å²) in [6, 6.07) is 5.58. The fourth-order valence-corrected chi connectivity index (χ4v) is 1.27. The lowest BCUT2D eigenvalue weighted by molar-refractivity contribution is 0.181. The van der Waals surface area contributed by atoms with Gasteiger partial charge in [0.25, 0.3) is 0 Å². The van der Waals surface area contributed by atoms with Crippen molar-refractivity contribution >= 4 is 0 Å². The zero-order chi connectivity index (χ0) is 11.1. The van der Waals surface area contributed by atoms with E-state index in [4.69, 9.17) is 14.6 Å². The highest BCUT2D eigenvalue weighted by Gasteiger charge is 2.02. The maximum atomic E-state index is 8.58. The van der Waals surface area contributed by atoms with Gasteiger partial charge in [0.05, 0.1) is 13.7 Å². The van der Waals surface area contributed by atoms with Crippen molar-refractivity contribution in [3.05, 3.63) is 29.3 Å². The van der Waals surface area contributed by atoms with Crippen molar-refractivity contribution in [2.45, 2.75) is 6.61 Å². The minimum Gasteiger partial charge on any atom is -0.496 e. The van der Waals surface area contributed by atoms with E-state index in [1.807, 2.05) is 18.2 Å². The summed E-state index contributed by atoms with van der Waals surface area (Å²) < 4.78 is 10.2. The van der Waals surface area contributed by atoms with Gasteiger partial charge in [-0.1, -0.05) is 11.8 Å². The molecule has 3 heteroatoms. The van der Waals surface area contributed by atoms with Crippen molar-refractivity contribution in [3.8, 4) is 17.6 Å². The quantitative estimate of drug-likeness (QED) is 0.755. The zero-order valence-electron chi connectivity index (χ0n) is 8.91. The molecule has 0 saturated heterocycles. The van der Waals surface area contributed by atoms with Gasteiger partial charge in [0, 0.05) is 18.2 Å². The van der Waals surface area contributed by atoms with E-state index in [2.05, 4.69) is 11.8 Å². The van der Waals surface area contributed by atoms with Crippen LogP contribution in [0.3, 0.4) is 0 Å². The van der Waals surface area contributed by atoms with E-state index < -0.39 is 0 Å².